The highest BCUT2D eigenvalue weighted by Crippen LogP contribution is 2.19. The Bertz CT molecular complexity index is 736. The second kappa shape index (κ2) is 8.73. The molecule has 2 rings (SSSR count). The number of carbonyl (C=O) groups is 2. The van der Waals surface area contributed by atoms with Crippen molar-refractivity contribution in [2.24, 2.45) is 5.41 Å². The lowest BCUT2D eigenvalue weighted by Crippen LogP contribution is -2.20. The number of benzene rings is 2. The predicted molar refractivity (Wildman–Crippen MR) is 99.2 cm³/mol. The van der Waals surface area contributed by atoms with Crippen LogP contribution in [0, 0.1) is 5.41 Å². The zero-order chi connectivity index (χ0) is 19.0. The van der Waals surface area contributed by atoms with Gasteiger partial charge >= 0.3 is 11.9 Å². The molecule has 0 atom stereocenters. The van der Waals surface area contributed by atoms with Crippen LogP contribution in [0.5, 0.6) is 0 Å². The van der Waals surface area contributed by atoms with Crippen LogP contribution in [-0.2, 0) is 0 Å². The smallest absolute Gasteiger partial charge is 0.337 e. The minimum absolute atomic E-state index is 0.131. The van der Waals surface area contributed by atoms with Crippen LogP contribution in [0.1, 0.15) is 41.5 Å². The molecule has 2 aromatic rings. The van der Waals surface area contributed by atoms with E-state index in [0.717, 1.165) is 6.54 Å². The Balaban J connectivity index is 0.000000271. The minimum Gasteiger partial charge on any atom is -0.478 e. The molecule has 0 aliphatic rings. The number of nitrogen functional groups attached to an aromatic ring is 1. The van der Waals surface area contributed by atoms with Gasteiger partial charge in [-0.3, -0.25) is 0 Å². The number of carboxylic acids is 2. The van der Waals surface area contributed by atoms with E-state index in [1.54, 1.807) is 36.4 Å². The molecule has 0 amide bonds. The van der Waals surface area contributed by atoms with Gasteiger partial charge in [-0.2, -0.15) is 0 Å². The highest BCUT2D eigenvalue weighted by molar-refractivity contribution is 5.94. The first kappa shape index (κ1) is 20.0. The maximum atomic E-state index is 10.9. The monoisotopic (exact) mass is 344 g/mol. The van der Waals surface area contributed by atoms with Gasteiger partial charge in [0.05, 0.1) is 11.1 Å². The quantitative estimate of drug-likeness (QED) is 0.627. The van der Waals surface area contributed by atoms with Crippen molar-refractivity contribution in [1.29, 1.82) is 0 Å². The van der Waals surface area contributed by atoms with Crippen molar-refractivity contribution in [2.75, 3.05) is 17.6 Å². The predicted octanol–water partition coefficient (Wildman–Crippen LogP) is 3.81. The molecular weight excluding hydrogens is 320 g/mol. The summed E-state index contributed by atoms with van der Waals surface area (Å²) in [5.41, 5.74) is 6.93. The highest BCUT2D eigenvalue weighted by atomic mass is 16.4. The number of hydrogen-bond donors (Lipinski definition) is 4. The second-order valence-electron chi connectivity index (χ2n) is 6.66. The van der Waals surface area contributed by atoms with E-state index in [-0.39, 0.29) is 11.0 Å². The van der Waals surface area contributed by atoms with Gasteiger partial charge in [0, 0.05) is 17.9 Å². The normalized spacial score (nSPS) is 10.4. The van der Waals surface area contributed by atoms with Gasteiger partial charge in [-0.1, -0.05) is 45.0 Å². The first-order valence-corrected chi connectivity index (χ1v) is 7.76. The van der Waals surface area contributed by atoms with Crippen LogP contribution in [0.3, 0.4) is 0 Å². The molecule has 0 heterocycles. The average Bonchev–Trinajstić information content (AvgIpc) is 2.53. The summed E-state index contributed by atoms with van der Waals surface area (Å²) in [7, 11) is 0. The molecule has 6 heteroatoms. The SMILES string of the molecule is CC(C)(C)CNc1ccccc1C(=O)O.Nc1ccccc1C(=O)O. The maximum absolute atomic E-state index is 10.9. The minimum atomic E-state index is -0.988. The molecule has 2 aromatic carbocycles. The molecule has 6 nitrogen and oxygen atoms in total. The van der Waals surface area contributed by atoms with E-state index < -0.39 is 11.9 Å². The molecule has 0 aliphatic heterocycles. The Morgan fingerprint density at radius 2 is 1.40 bits per heavy atom. The lowest BCUT2D eigenvalue weighted by Gasteiger charge is -2.20. The van der Waals surface area contributed by atoms with E-state index in [2.05, 4.69) is 26.1 Å². The molecule has 0 fully saturated rings. The van der Waals surface area contributed by atoms with Crippen LogP contribution in [0.25, 0.3) is 0 Å². The van der Waals surface area contributed by atoms with E-state index in [4.69, 9.17) is 15.9 Å². The lowest BCUT2D eigenvalue weighted by atomic mass is 9.96. The third-order valence-electron chi connectivity index (χ3n) is 3.16. The molecule has 0 radical (unpaired) electrons. The molecule has 134 valence electrons. The third-order valence-corrected chi connectivity index (χ3v) is 3.16. The van der Waals surface area contributed by atoms with Crippen LogP contribution >= 0.6 is 0 Å². The molecule has 25 heavy (non-hydrogen) atoms. The summed E-state index contributed by atoms with van der Waals surface area (Å²) in [6, 6.07) is 13.3. The maximum Gasteiger partial charge on any atom is 0.337 e. The van der Waals surface area contributed by atoms with Gasteiger partial charge in [-0.25, -0.2) is 9.59 Å². The largest absolute Gasteiger partial charge is 0.478 e. The van der Waals surface area contributed by atoms with Crippen LogP contribution in [-0.4, -0.2) is 28.7 Å². The van der Waals surface area contributed by atoms with Crippen molar-refractivity contribution in [3.8, 4) is 0 Å². The number of hydrogen-bond acceptors (Lipinski definition) is 4. The zero-order valence-corrected chi connectivity index (χ0v) is 14.6. The molecule has 0 bridgehead atoms. The first-order chi connectivity index (χ1) is 11.6. The van der Waals surface area contributed by atoms with Gasteiger partial charge < -0.3 is 21.3 Å². The van der Waals surface area contributed by atoms with Crippen LogP contribution in [0.2, 0.25) is 0 Å². The molecule has 0 unspecified atom stereocenters. The Morgan fingerprint density at radius 1 is 0.920 bits per heavy atom. The van der Waals surface area contributed by atoms with E-state index >= 15 is 0 Å². The summed E-state index contributed by atoms with van der Waals surface area (Å²) in [6.07, 6.45) is 0. The van der Waals surface area contributed by atoms with Gasteiger partial charge in [0.25, 0.3) is 0 Å². The highest BCUT2D eigenvalue weighted by Gasteiger charge is 2.13. The summed E-state index contributed by atoms with van der Waals surface area (Å²) >= 11 is 0. The standard InChI is InChI=1S/C12H17NO2.C7H7NO2/c1-12(2,3)8-13-10-7-5-4-6-9(10)11(14)15;8-6-4-2-1-3-5(6)7(9)10/h4-7,13H,8H2,1-3H3,(H,14,15);1-4H,8H2,(H,9,10). The second-order valence-corrected chi connectivity index (χ2v) is 6.66. The fourth-order valence-electron chi connectivity index (χ4n) is 1.88. The number of para-hydroxylation sites is 2. The van der Waals surface area contributed by atoms with Crippen molar-refractivity contribution < 1.29 is 19.8 Å². The van der Waals surface area contributed by atoms with Gasteiger partial charge in [-0.15, -0.1) is 0 Å². The summed E-state index contributed by atoms with van der Waals surface area (Å²) in [5, 5.41) is 20.6. The fourth-order valence-corrected chi connectivity index (χ4v) is 1.88. The summed E-state index contributed by atoms with van der Waals surface area (Å²) in [6.45, 7) is 7.05. The van der Waals surface area contributed by atoms with Crippen LogP contribution in [0.15, 0.2) is 48.5 Å². The number of rotatable bonds is 4. The molecular formula is C19H24N2O4. The molecule has 0 aromatic heterocycles. The van der Waals surface area contributed by atoms with Crippen molar-refractivity contribution in [2.45, 2.75) is 20.8 Å². The molecule has 0 aliphatic carbocycles. The van der Waals surface area contributed by atoms with Crippen LogP contribution in [0.4, 0.5) is 11.4 Å². The van der Waals surface area contributed by atoms with E-state index in [0.29, 0.717) is 16.9 Å². The number of carboxylic acid groups (broad SMARTS) is 2. The van der Waals surface area contributed by atoms with Gasteiger partial charge in [0.2, 0.25) is 0 Å². The van der Waals surface area contributed by atoms with Crippen molar-refractivity contribution in [3.63, 3.8) is 0 Å². The Kier molecular flexibility index (Phi) is 6.99. The fraction of sp³-hybridized carbons (Fsp3) is 0.263. The summed E-state index contributed by atoms with van der Waals surface area (Å²) in [4.78, 5) is 21.2. The molecule has 5 N–H and O–H groups in total. The van der Waals surface area contributed by atoms with E-state index in [1.807, 2.05) is 6.07 Å². The molecule has 0 saturated carbocycles. The number of nitrogens with two attached hydrogens (primary N) is 1. The van der Waals surface area contributed by atoms with E-state index in [1.165, 1.54) is 6.07 Å². The summed E-state index contributed by atoms with van der Waals surface area (Å²) in [5.74, 6) is -1.88. The Labute approximate surface area is 147 Å². The molecule has 0 spiro atoms. The number of aromatic carboxylic acids is 2. The van der Waals surface area contributed by atoms with Gasteiger partial charge in [-0.05, 0) is 29.7 Å². The Morgan fingerprint density at radius 3 is 1.84 bits per heavy atom. The number of nitrogens with one attached hydrogen (secondary N) is 1. The average molecular weight is 344 g/mol. The topological polar surface area (TPSA) is 113 Å². The van der Waals surface area contributed by atoms with E-state index in [9.17, 15) is 9.59 Å². The number of anilines is 2. The Hall–Kier alpha value is -3.02. The van der Waals surface area contributed by atoms with Gasteiger partial charge in [0.1, 0.15) is 0 Å². The zero-order valence-electron chi connectivity index (χ0n) is 14.6. The van der Waals surface area contributed by atoms with Crippen molar-refractivity contribution in [3.05, 3.63) is 59.7 Å². The lowest BCUT2D eigenvalue weighted by molar-refractivity contribution is 0.0687. The first-order valence-electron chi connectivity index (χ1n) is 7.76. The van der Waals surface area contributed by atoms with Crippen LogP contribution < -0.4 is 11.1 Å². The molecule has 0 saturated heterocycles. The summed E-state index contributed by atoms with van der Waals surface area (Å²) < 4.78 is 0. The van der Waals surface area contributed by atoms with Gasteiger partial charge in [0.15, 0.2) is 0 Å². The third kappa shape index (κ3) is 6.95. The van der Waals surface area contributed by atoms with Crippen molar-refractivity contribution >= 4 is 23.3 Å². The van der Waals surface area contributed by atoms with Crippen molar-refractivity contribution in [1.82, 2.24) is 0 Å².